The van der Waals surface area contributed by atoms with E-state index in [2.05, 4.69) is 10.2 Å². The van der Waals surface area contributed by atoms with Gasteiger partial charge in [0, 0.05) is 12.6 Å². The maximum Gasteiger partial charge on any atom is 0.419 e. The minimum atomic E-state index is -1.01. The number of benzene rings is 1. The number of hydrogen-bond acceptors (Lipinski definition) is 6. The van der Waals surface area contributed by atoms with Crippen LogP contribution in [0.3, 0.4) is 0 Å². The van der Waals surface area contributed by atoms with Gasteiger partial charge in [0.15, 0.2) is 5.58 Å². The van der Waals surface area contributed by atoms with E-state index in [4.69, 9.17) is 25.9 Å². The van der Waals surface area contributed by atoms with Crippen LogP contribution in [0.4, 0.5) is 0 Å². The van der Waals surface area contributed by atoms with Crippen molar-refractivity contribution in [3.8, 4) is 5.75 Å². The van der Waals surface area contributed by atoms with Crippen molar-refractivity contribution in [3.05, 3.63) is 51.2 Å². The Bertz CT molecular complexity index is 1010. The molecule has 8 nitrogen and oxygen atoms in total. The van der Waals surface area contributed by atoms with Crippen molar-refractivity contribution in [2.24, 2.45) is 0 Å². The molecule has 0 saturated carbocycles. The molecule has 136 valence electrons. The number of rotatable bonds is 6. The quantitative estimate of drug-likeness (QED) is 0.703. The zero-order chi connectivity index (χ0) is 18.8. The molecule has 2 aromatic heterocycles. The highest BCUT2D eigenvalue weighted by atomic mass is 35.5. The molecule has 1 N–H and O–H groups in total. The number of oxazole rings is 1. The van der Waals surface area contributed by atoms with Crippen molar-refractivity contribution in [2.45, 2.75) is 32.9 Å². The summed E-state index contributed by atoms with van der Waals surface area (Å²) >= 11 is 6.27. The molecule has 0 saturated heterocycles. The number of carbonyl (C=O) groups is 1. The van der Waals surface area contributed by atoms with Gasteiger partial charge in [0.2, 0.25) is 0 Å². The van der Waals surface area contributed by atoms with E-state index in [1.807, 2.05) is 19.1 Å². The molecule has 1 unspecified atom stereocenters. The summed E-state index contributed by atoms with van der Waals surface area (Å²) in [7, 11) is 0. The predicted molar refractivity (Wildman–Crippen MR) is 93.5 cm³/mol. The number of fused-ring (bicyclic) bond motifs is 1. The highest BCUT2D eigenvalue weighted by Gasteiger charge is 2.17. The monoisotopic (exact) mass is 377 g/mol. The fourth-order valence-electron chi connectivity index (χ4n) is 2.45. The second-order valence-electron chi connectivity index (χ2n) is 5.77. The molecule has 0 spiro atoms. The van der Waals surface area contributed by atoms with Crippen molar-refractivity contribution in [2.75, 3.05) is 0 Å². The number of hydrogen-bond donors (Lipinski definition) is 1. The number of nitrogens with zero attached hydrogens (tertiary/aromatic N) is 3. The molecule has 0 aliphatic carbocycles. The average Bonchev–Trinajstić information content (AvgIpc) is 2.88. The Morgan fingerprint density at radius 3 is 2.81 bits per heavy atom. The first-order valence-corrected chi connectivity index (χ1v) is 8.24. The van der Waals surface area contributed by atoms with Gasteiger partial charge in [-0.15, -0.1) is 0 Å². The number of halogens is 1. The molecule has 3 aromatic rings. The van der Waals surface area contributed by atoms with E-state index in [-0.39, 0.29) is 23.6 Å². The molecule has 0 aliphatic heterocycles. The first-order valence-electron chi connectivity index (χ1n) is 7.86. The summed E-state index contributed by atoms with van der Waals surface area (Å²) in [5, 5.41) is 17.1. The van der Waals surface area contributed by atoms with Crippen molar-refractivity contribution in [1.29, 1.82) is 0 Å². The van der Waals surface area contributed by atoms with Crippen LogP contribution in [-0.2, 0) is 11.3 Å². The summed E-state index contributed by atoms with van der Waals surface area (Å²) < 4.78 is 12.2. The van der Waals surface area contributed by atoms with Crippen LogP contribution in [0.5, 0.6) is 5.75 Å². The van der Waals surface area contributed by atoms with E-state index in [9.17, 15) is 9.59 Å². The number of aromatic nitrogens is 3. The summed E-state index contributed by atoms with van der Waals surface area (Å²) in [4.78, 5) is 22.7. The van der Waals surface area contributed by atoms with Gasteiger partial charge in [-0.05, 0) is 32.0 Å². The smallest absolute Gasteiger partial charge is 0.419 e. The third-order valence-corrected chi connectivity index (χ3v) is 4.11. The number of ether oxygens (including phenoxy) is 1. The van der Waals surface area contributed by atoms with Gasteiger partial charge in [0.05, 0.1) is 22.7 Å². The van der Waals surface area contributed by atoms with E-state index in [1.54, 1.807) is 6.92 Å². The van der Waals surface area contributed by atoms with E-state index in [1.165, 1.54) is 16.7 Å². The Morgan fingerprint density at radius 2 is 2.15 bits per heavy atom. The second-order valence-corrected chi connectivity index (χ2v) is 6.18. The molecule has 0 fully saturated rings. The Balaban J connectivity index is 1.90. The van der Waals surface area contributed by atoms with Gasteiger partial charge in [-0.25, -0.2) is 4.79 Å². The Morgan fingerprint density at radius 1 is 1.38 bits per heavy atom. The standard InChI is InChI=1S/C17H16ClN3O5/c1-9-3-4-12(20-19-9)10(2)25-14-8-15-13(7-11(14)18)21(17(24)26-15)6-5-16(22)23/h3-4,7-8,10H,5-6H2,1-2H3,(H,22,23). The fraction of sp³-hybridized carbons (Fsp3) is 0.294. The Labute approximate surface area is 153 Å². The minimum Gasteiger partial charge on any atom is -0.483 e. The SMILES string of the molecule is Cc1ccc(C(C)Oc2cc3oc(=O)n(CCC(=O)O)c3cc2Cl)nn1. The summed E-state index contributed by atoms with van der Waals surface area (Å²) in [6.07, 6.45) is -0.619. The molecular formula is C17H16ClN3O5. The summed E-state index contributed by atoms with van der Waals surface area (Å²) in [5.41, 5.74) is 2.11. The largest absolute Gasteiger partial charge is 0.483 e. The zero-order valence-corrected chi connectivity index (χ0v) is 14.9. The maximum absolute atomic E-state index is 12.0. The van der Waals surface area contributed by atoms with Crippen LogP contribution in [0.2, 0.25) is 5.02 Å². The van der Waals surface area contributed by atoms with Gasteiger partial charge in [0.1, 0.15) is 17.5 Å². The number of aryl methyl sites for hydroxylation is 2. The van der Waals surface area contributed by atoms with Gasteiger partial charge >= 0.3 is 11.7 Å². The molecule has 9 heteroatoms. The average molecular weight is 378 g/mol. The van der Waals surface area contributed by atoms with Gasteiger partial charge in [-0.3, -0.25) is 9.36 Å². The topological polar surface area (TPSA) is 107 Å². The number of carboxylic acids is 1. The summed E-state index contributed by atoms with van der Waals surface area (Å²) in [6.45, 7) is 3.63. The van der Waals surface area contributed by atoms with Crippen LogP contribution in [0.15, 0.2) is 33.5 Å². The third kappa shape index (κ3) is 3.70. The van der Waals surface area contributed by atoms with Gasteiger partial charge in [0.25, 0.3) is 0 Å². The highest BCUT2D eigenvalue weighted by Crippen LogP contribution is 2.32. The van der Waals surface area contributed by atoms with Crippen LogP contribution < -0.4 is 10.5 Å². The van der Waals surface area contributed by atoms with Crippen LogP contribution in [0.25, 0.3) is 11.1 Å². The normalized spacial score (nSPS) is 12.3. The molecule has 0 bridgehead atoms. The lowest BCUT2D eigenvalue weighted by atomic mass is 10.2. The summed E-state index contributed by atoms with van der Waals surface area (Å²) in [5.74, 6) is -1.33. The molecule has 3 rings (SSSR count). The lowest BCUT2D eigenvalue weighted by Crippen LogP contribution is -2.16. The molecule has 2 heterocycles. The molecular weight excluding hydrogens is 362 g/mol. The molecule has 26 heavy (non-hydrogen) atoms. The van der Waals surface area contributed by atoms with E-state index < -0.39 is 17.8 Å². The van der Waals surface area contributed by atoms with E-state index >= 15 is 0 Å². The lowest BCUT2D eigenvalue weighted by molar-refractivity contribution is -0.137. The fourth-order valence-corrected chi connectivity index (χ4v) is 2.65. The predicted octanol–water partition coefficient (Wildman–Crippen LogP) is 2.96. The maximum atomic E-state index is 12.0. The van der Waals surface area contributed by atoms with Crippen molar-refractivity contribution >= 4 is 28.7 Å². The molecule has 1 atom stereocenters. The molecule has 0 radical (unpaired) electrons. The molecule has 0 aliphatic rings. The Hall–Kier alpha value is -2.87. The molecule has 0 amide bonds. The second kappa shape index (κ2) is 7.17. The van der Waals surface area contributed by atoms with Gasteiger partial charge in [-0.2, -0.15) is 10.2 Å². The Kier molecular flexibility index (Phi) is 4.94. The number of carboxylic acid groups (broad SMARTS) is 1. The van der Waals surface area contributed by atoms with Crippen LogP contribution in [-0.4, -0.2) is 25.8 Å². The first-order chi connectivity index (χ1) is 12.3. The molecule has 1 aromatic carbocycles. The van der Waals surface area contributed by atoms with E-state index in [0.29, 0.717) is 17.0 Å². The lowest BCUT2D eigenvalue weighted by Gasteiger charge is -2.15. The van der Waals surface area contributed by atoms with Crippen LogP contribution >= 0.6 is 11.6 Å². The van der Waals surface area contributed by atoms with Crippen LogP contribution in [0.1, 0.15) is 30.8 Å². The number of aliphatic carboxylic acids is 1. The van der Waals surface area contributed by atoms with E-state index in [0.717, 1.165) is 5.69 Å². The van der Waals surface area contributed by atoms with Crippen LogP contribution in [0, 0.1) is 6.92 Å². The minimum absolute atomic E-state index is 0.00689. The third-order valence-electron chi connectivity index (χ3n) is 3.81. The first kappa shape index (κ1) is 17.9. The summed E-state index contributed by atoms with van der Waals surface area (Å²) in [6, 6.07) is 6.66. The van der Waals surface area contributed by atoms with Crippen molar-refractivity contribution in [1.82, 2.24) is 14.8 Å². The highest BCUT2D eigenvalue weighted by molar-refractivity contribution is 6.32. The van der Waals surface area contributed by atoms with Gasteiger partial charge < -0.3 is 14.3 Å². The van der Waals surface area contributed by atoms with Crippen molar-refractivity contribution < 1.29 is 19.1 Å². The van der Waals surface area contributed by atoms with Gasteiger partial charge in [-0.1, -0.05) is 11.6 Å². The van der Waals surface area contributed by atoms with Crippen molar-refractivity contribution in [3.63, 3.8) is 0 Å². The zero-order valence-electron chi connectivity index (χ0n) is 14.1.